The minimum absolute atomic E-state index is 0.185. The second-order valence-electron chi connectivity index (χ2n) is 5.15. The number of aliphatic hydroxyl groups excluding tert-OH is 1. The van der Waals surface area contributed by atoms with Crippen molar-refractivity contribution in [3.63, 3.8) is 0 Å². The molecule has 0 aliphatic heterocycles. The zero-order chi connectivity index (χ0) is 11.4. The van der Waals surface area contributed by atoms with E-state index in [-0.39, 0.29) is 17.2 Å². The van der Waals surface area contributed by atoms with Gasteiger partial charge in [0.2, 0.25) is 0 Å². The Morgan fingerprint density at radius 2 is 1.86 bits per heavy atom. The minimum atomic E-state index is -1.73. The third-order valence-electron chi connectivity index (χ3n) is 2.82. The van der Waals surface area contributed by atoms with E-state index in [2.05, 4.69) is 33.9 Å². The molecule has 0 aliphatic rings. The predicted molar refractivity (Wildman–Crippen MR) is 64.2 cm³/mol. The molecular formula is C10H23ClO2Si. The molecule has 0 amide bonds. The first-order valence-corrected chi connectivity index (χ1v) is 8.48. The van der Waals surface area contributed by atoms with Gasteiger partial charge in [0.15, 0.2) is 8.32 Å². The number of halogens is 1. The lowest BCUT2D eigenvalue weighted by Gasteiger charge is -2.37. The van der Waals surface area contributed by atoms with Gasteiger partial charge in [-0.15, -0.1) is 0 Å². The Labute approximate surface area is 93.7 Å². The van der Waals surface area contributed by atoms with E-state index in [1.54, 1.807) is 0 Å². The second kappa shape index (κ2) is 5.49. The van der Waals surface area contributed by atoms with E-state index in [0.717, 1.165) is 6.42 Å². The summed E-state index contributed by atoms with van der Waals surface area (Å²) in [5.74, 6) is 0. The van der Waals surface area contributed by atoms with E-state index in [1.807, 2.05) is 0 Å². The fourth-order valence-electron chi connectivity index (χ4n) is 0.807. The van der Waals surface area contributed by atoms with Crippen molar-refractivity contribution in [1.29, 1.82) is 0 Å². The fraction of sp³-hybridized carbons (Fsp3) is 1.00. The van der Waals surface area contributed by atoms with Crippen molar-refractivity contribution in [2.75, 3.05) is 6.61 Å². The van der Waals surface area contributed by atoms with Crippen LogP contribution in [0.25, 0.3) is 0 Å². The molecule has 0 aliphatic carbocycles. The number of rotatable bonds is 5. The van der Waals surface area contributed by atoms with Gasteiger partial charge in [0.25, 0.3) is 0 Å². The standard InChI is InChI=1S/C10H23ClO2Si/c1-10(2,3)14(4,5)13-9(11)7-6-8-12/h9,12H,6-8H2,1-5H3. The van der Waals surface area contributed by atoms with Crippen molar-refractivity contribution in [3.8, 4) is 0 Å². The maximum absolute atomic E-state index is 8.67. The van der Waals surface area contributed by atoms with Crippen molar-refractivity contribution in [2.24, 2.45) is 0 Å². The maximum Gasteiger partial charge on any atom is 0.194 e. The molecule has 86 valence electrons. The van der Waals surface area contributed by atoms with Crippen LogP contribution in [-0.4, -0.2) is 25.6 Å². The van der Waals surface area contributed by atoms with E-state index in [0.29, 0.717) is 6.42 Å². The first-order valence-electron chi connectivity index (χ1n) is 5.13. The van der Waals surface area contributed by atoms with Crippen LogP contribution in [0.15, 0.2) is 0 Å². The molecule has 4 heteroatoms. The molecule has 0 saturated carbocycles. The van der Waals surface area contributed by atoms with Crippen LogP contribution in [-0.2, 0) is 4.43 Å². The molecule has 0 heterocycles. The maximum atomic E-state index is 8.67. The van der Waals surface area contributed by atoms with Crippen molar-refractivity contribution in [1.82, 2.24) is 0 Å². The lowest BCUT2D eigenvalue weighted by molar-refractivity contribution is 0.217. The molecule has 14 heavy (non-hydrogen) atoms. The lowest BCUT2D eigenvalue weighted by atomic mass is 10.2. The van der Waals surface area contributed by atoms with Crippen molar-refractivity contribution < 1.29 is 9.53 Å². The summed E-state index contributed by atoms with van der Waals surface area (Å²) in [7, 11) is -1.73. The lowest BCUT2D eigenvalue weighted by Crippen LogP contribution is -2.42. The average molecular weight is 239 g/mol. The van der Waals surface area contributed by atoms with Gasteiger partial charge in [0.05, 0.1) is 0 Å². The molecule has 0 aromatic heterocycles. The van der Waals surface area contributed by atoms with Gasteiger partial charge >= 0.3 is 0 Å². The minimum Gasteiger partial charge on any atom is -0.401 e. The summed E-state index contributed by atoms with van der Waals surface area (Å²) in [4.78, 5) is 0. The zero-order valence-electron chi connectivity index (χ0n) is 9.93. The molecule has 0 aromatic rings. The van der Waals surface area contributed by atoms with E-state index in [1.165, 1.54) is 0 Å². The predicted octanol–water partition coefficient (Wildman–Crippen LogP) is 3.35. The van der Waals surface area contributed by atoms with E-state index in [4.69, 9.17) is 21.1 Å². The van der Waals surface area contributed by atoms with Crippen LogP contribution in [0.3, 0.4) is 0 Å². The van der Waals surface area contributed by atoms with Crippen molar-refractivity contribution in [2.45, 2.75) is 57.3 Å². The van der Waals surface area contributed by atoms with E-state index in [9.17, 15) is 0 Å². The Hall–Kier alpha value is 0.427. The highest BCUT2D eigenvalue weighted by atomic mass is 35.5. The summed E-state index contributed by atoms with van der Waals surface area (Å²) in [6.07, 6.45) is 1.44. The summed E-state index contributed by atoms with van der Waals surface area (Å²) >= 11 is 6.05. The Kier molecular flexibility index (Phi) is 5.66. The highest BCUT2D eigenvalue weighted by Crippen LogP contribution is 2.38. The Morgan fingerprint density at radius 1 is 1.36 bits per heavy atom. The largest absolute Gasteiger partial charge is 0.401 e. The molecule has 1 N–H and O–H groups in total. The Bertz CT molecular complexity index is 166. The molecule has 2 nitrogen and oxygen atoms in total. The quantitative estimate of drug-likeness (QED) is 0.588. The summed E-state index contributed by atoms with van der Waals surface area (Å²) < 4.78 is 5.90. The molecule has 0 spiro atoms. The van der Waals surface area contributed by atoms with Crippen LogP contribution >= 0.6 is 11.6 Å². The van der Waals surface area contributed by atoms with Gasteiger partial charge in [0, 0.05) is 6.61 Å². The zero-order valence-corrected chi connectivity index (χ0v) is 11.7. The van der Waals surface area contributed by atoms with Crippen molar-refractivity contribution >= 4 is 19.9 Å². The van der Waals surface area contributed by atoms with Gasteiger partial charge < -0.3 is 9.53 Å². The van der Waals surface area contributed by atoms with Gasteiger partial charge in [0.1, 0.15) is 5.56 Å². The van der Waals surface area contributed by atoms with E-state index >= 15 is 0 Å². The molecule has 1 atom stereocenters. The highest BCUT2D eigenvalue weighted by Gasteiger charge is 2.38. The molecule has 0 fully saturated rings. The molecular weight excluding hydrogens is 216 g/mol. The van der Waals surface area contributed by atoms with Gasteiger partial charge in [-0.2, -0.15) is 0 Å². The van der Waals surface area contributed by atoms with Crippen LogP contribution in [0.5, 0.6) is 0 Å². The third-order valence-corrected chi connectivity index (χ3v) is 7.76. The van der Waals surface area contributed by atoms with Gasteiger partial charge in [-0.05, 0) is 31.0 Å². The molecule has 1 unspecified atom stereocenters. The summed E-state index contributed by atoms with van der Waals surface area (Å²) in [5.41, 5.74) is -0.247. The first-order chi connectivity index (χ1) is 6.20. The van der Waals surface area contributed by atoms with E-state index < -0.39 is 8.32 Å². The molecule has 0 bridgehead atoms. The van der Waals surface area contributed by atoms with Gasteiger partial charge in [-0.3, -0.25) is 0 Å². The average Bonchev–Trinajstić information content (AvgIpc) is 1.97. The first kappa shape index (κ1) is 14.4. The fourth-order valence-corrected chi connectivity index (χ4v) is 2.74. The normalized spacial score (nSPS) is 15.6. The summed E-state index contributed by atoms with van der Waals surface area (Å²) in [5, 5.41) is 8.86. The van der Waals surface area contributed by atoms with Crippen LogP contribution in [0.1, 0.15) is 33.6 Å². The topological polar surface area (TPSA) is 29.5 Å². The highest BCUT2D eigenvalue weighted by molar-refractivity contribution is 6.74. The third kappa shape index (κ3) is 4.78. The van der Waals surface area contributed by atoms with Crippen LogP contribution in [0, 0.1) is 0 Å². The number of aliphatic hydroxyl groups is 1. The summed E-state index contributed by atoms with van der Waals surface area (Å²) in [6.45, 7) is 11.1. The van der Waals surface area contributed by atoms with Crippen molar-refractivity contribution in [3.05, 3.63) is 0 Å². The van der Waals surface area contributed by atoms with Gasteiger partial charge in [-0.1, -0.05) is 32.4 Å². The van der Waals surface area contributed by atoms with Gasteiger partial charge in [-0.25, -0.2) is 0 Å². The molecule has 0 aromatic carbocycles. The van der Waals surface area contributed by atoms with Crippen LogP contribution in [0.4, 0.5) is 0 Å². The summed E-state index contributed by atoms with van der Waals surface area (Å²) in [6, 6.07) is 0. The number of alkyl halides is 1. The van der Waals surface area contributed by atoms with Crippen LogP contribution in [0.2, 0.25) is 18.1 Å². The smallest absolute Gasteiger partial charge is 0.194 e. The number of hydrogen-bond donors (Lipinski definition) is 1. The van der Waals surface area contributed by atoms with Crippen LogP contribution < -0.4 is 0 Å². The molecule has 0 rings (SSSR count). The Balaban J connectivity index is 4.08. The SMILES string of the molecule is CC(C)(C)[Si](C)(C)OC(Cl)CCCO. The second-order valence-corrected chi connectivity index (χ2v) is 10.4. The molecule has 0 radical (unpaired) electrons. The monoisotopic (exact) mass is 238 g/mol. The Morgan fingerprint density at radius 3 is 2.21 bits per heavy atom. The number of hydrogen-bond acceptors (Lipinski definition) is 2. The molecule has 0 saturated heterocycles.